The third-order valence-corrected chi connectivity index (χ3v) is 3.20. The Balaban J connectivity index is 2.24. The summed E-state index contributed by atoms with van der Waals surface area (Å²) < 4.78 is 11.1. The molecule has 2 aromatic carbocycles. The van der Waals surface area contributed by atoms with Crippen molar-refractivity contribution < 1.29 is 14.3 Å². The van der Waals surface area contributed by atoms with Gasteiger partial charge in [0.15, 0.2) is 6.10 Å². The molecule has 112 valence electrons. The van der Waals surface area contributed by atoms with Gasteiger partial charge in [0.05, 0.1) is 0 Å². The number of carbonyl (C=O) groups excluding carboxylic acids is 1. The van der Waals surface area contributed by atoms with Gasteiger partial charge in [-0.25, -0.2) is 4.79 Å². The molecule has 0 aromatic heterocycles. The quantitative estimate of drug-likeness (QED) is 0.777. The summed E-state index contributed by atoms with van der Waals surface area (Å²) in [7, 11) is 0. The molecule has 0 spiro atoms. The summed E-state index contributed by atoms with van der Waals surface area (Å²) in [6.45, 7) is 7.16. The van der Waals surface area contributed by atoms with Gasteiger partial charge in [0.1, 0.15) is 11.4 Å². The Morgan fingerprint density at radius 2 is 1.71 bits per heavy atom. The number of halogens is 1. The molecule has 0 fully saturated rings. The van der Waals surface area contributed by atoms with Crippen molar-refractivity contribution in [2.24, 2.45) is 0 Å². The van der Waals surface area contributed by atoms with E-state index in [4.69, 9.17) is 21.1 Å². The number of hydrogen-bond acceptors (Lipinski definition) is 3. The number of carbonyl (C=O) groups is 1. The summed E-state index contributed by atoms with van der Waals surface area (Å²) in [5.74, 6) is 0.231. The van der Waals surface area contributed by atoms with Crippen LogP contribution in [0.25, 0.3) is 10.8 Å². The number of rotatable bonds is 3. The molecule has 4 heteroatoms. The monoisotopic (exact) mass is 306 g/mol. The molecular formula is C17H19ClO3. The molecule has 1 unspecified atom stereocenters. The Kier molecular flexibility index (Phi) is 4.43. The van der Waals surface area contributed by atoms with Crippen LogP contribution in [-0.4, -0.2) is 17.7 Å². The summed E-state index contributed by atoms with van der Waals surface area (Å²) >= 11 is 6.17. The first-order valence-electron chi connectivity index (χ1n) is 6.85. The number of ether oxygens (including phenoxy) is 2. The fourth-order valence-electron chi connectivity index (χ4n) is 1.96. The molecular weight excluding hydrogens is 288 g/mol. The fourth-order valence-corrected chi connectivity index (χ4v) is 2.19. The normalized spacial score (nSPS) is 13.0. The van der Waals surface area contributed by atoms with Gasteiger partial charge in [-0.05, 0) is 39.8 Å². The van der Waals surface area contributed by atoms with Crippen molar-refractivity contribution in [2.45, 2.75) is 39.4 Å². The van der Waals surface area contributed by atoms with E-state index in [0.717, 1.165) is 10.8 Å². The van der Waals surface area contributed by atoms with Crippen LogP contribution in [0.2, 0.25) is 5.02 Å². The van der Waals surface area contributed by atoms with E-state index in [1.807, 2.05) is 45.0 Å². The lowest BCUT2D eigenvalue weighted by molar-refractivity contribution is -0.162. The van der Waals surface area contributed by atoms with E-state index in [1.54, 1.807) is 19.1 Å². The van der Waals surface area contributed by atoms with Crippen LogP contribution in [0, 0.1) is 0 Å². The summed E-state index contributed by atoms with van der Waals surface area (Å²) in [6.07, 6.45) is -0.686. The van der Waals surface area contributed by atoms with Crippen LogP contribution in [0.5, 0.6) is 5.75 Å². The molecule has 0 radical (unpaired) electrons. The molecule has 3 nitrogen and oxygen atoms in total. The second-order valence-corrected chi connectivity index (χ2v) is 6.29. The topological polar surface area (TPSA) is 35.5 Å². The van der Waals surface area contributed by atoms with Crippen molar-refractivity contribution in [3.05, 3.63) is 41.4 Å². The molecule has 0 bridgehead atoms. The van der Waals surface area contributed by atoms with Gasteiger partial charge in [-0.2, -0.15) is 0 Å². The number of esters is 1. The molecule has 21 heavy (non-hydrogen) atoms. The molecule has 0 saturated carbocycles. The maximum atomic E-state index is 12.0. The zero-order chi connectivity index (χ0) is 15.6. The number of hydrogen-bond donors (Lipinski definition) is 0. The first-order chi connectivity index (χ1) is 9.78. The maximum Gasteiger partial charge on any atom is 0.347 e. The first-order valence-corrected chi connectivity index (χ1v) is 7.22. The highest BCUT2D eigenvalue weighted by atomic mass is 35.5. The van der Waals surface area contributed by atoms with Crippen molar-refractivity contribution in [1.82, 2.24) is 0 Å². The maximum absolute atomic E-state index is 12.0. The predicted molar refractivity (Wildman–Crippen MR) is 84.9 cm³/mol. The van der Waals surface area contributed by atoms with Gasteiger partial charge in [-0.15, -0.1) is 0 Å². The van der Waals surface area contributed by atoms with Crippen LogP contribution < -0.4 is 4.74 Å². The zero-order valence-corrected chi connectivity index (χ0v) is 13.4. The lowest BCUT2D eigenvalue weighted by Crippen LogP contribution is -2.33. The molecule has 0 saturated heterocycles. The van der Waals surface area contributed by atoms with Crippen molar-refractivity contribution in [2.75, 3.05) is 0 Å². The molecule has 2 rings (SSSR count). The van der Waals surface area contributed by atoms with E-state index in [-0.39, 0.29) is 5.97 Å². The van der Waals surface area contributed by atoms with Crippen molar-refractivity contribution >= 4 is 28.3 Å². The Bertz CT molecular complexity index is 659. The average molecular weight is 307 g/mol. The van der Waals surface area contributed by atoms with Crippen molar-refractivity contribution in [3.63, 3.8) is 0 Å². The number of benzene rings is 2. The van der Waals surface area contributed by atoms with E-state index in [1.165, 1.54) is 0 Å². The van der Waals surface area contributed by atoms with Gasteiger partial charge in [0.25, 0.3) is 0 Å². The molecule has 0 amide bonds. The van der Waals surface area contributed by atoms with Gasteiger partial charge < -0.3 is 9.47 Å². The van der Waals surface area contributed by atoms with Crippen molar-refractivity contribution in [3.8, 4) is 5.75 Å². The second-order valence-electron chi connectivity index (χ2n) is 5.88. The third kappa shape index (κ3) is 3.88. The van der Waals surface area contributed by atoms with Gasteiger partial charge >= 0.3 is 5.97 Å². The van der Waals surface area contributed by atoms with E-state index in [9.17, 15) is 4.79 Å². The SMILES string of the molecule is CC(Oc1ccc(Cl)c2ccccc12)C(=O)OC(C)(C)C. The lowest BCUT2D eigenvalue weighted by Gasteiger charge is -2.23. The van der Waals surface area contributed by atoms with Crippen LogP contribution in [-0.2, 0) is 9.53 Å². The first kappa shape index (κ1) is 15.6. The third-order valence-electron chi connectivity index (χ3n) is 2.87. The minimum atomic E-state index is -0.686. The van der Waals surface area contributed by atoms with Gasteiger partial charge in [0.2, 0.25) is 0 Å². The highest BCUT2D eigenvalue weighted by Gasteiger charge is 2.23. The Labute approximate surface area is 129 Å². The van der Waals surface area contributed by atoms with Gasteiger partial charge in [-0.3, -0.25) is 0 Å². The van der Waals surface area contributed by atoms with E-state index < -0.39 is 11.7 Å². The summed E-state index contributed by atoms with van der Waals surface area (Å²) in [4.78, 5) is 12.0. The largest absolute Gasteiger partial charge is 0.478 e. The lowest BCUT2D eigenvalue weighted by atomic mass is 10.1. The van der Waals surface area contributed by atoms with Gasteiger partial charge in [-0.1, -0.05) is 35.9 Å². The molecule has 0 N–H and O–H groups in total. The van der Waals surface area contributed by atoms with Crippen LogP contribution in [0.15, 0.2) is 36.4 Å². The minimum absolute atomic E-state index is 0.387. The van der Waals surface area contributed by atoms with Gasteiger partial charge in [0, 0.05) is 15.8 Å². The van der Waals surface area contributed by atoms with Crippen LogP contribution >= 0.6 is 11.6 Å². The van der Waals surface area contributed by atoms with Crippen LogP contribution in [0.1, 0.15) is 27.7 Å². The molecule has 0 aliphatic carbocycles. The molecule has 2 aromatic rings. The highest BCUT2D eigenvalue weighted by molar-refractivity contribution is 6.35. The van der Waals surface area contributed by atoms with Crippen LogP contribution in [0.3, 0.4) is 0 Å². The summed E-state index contributed by atoms with van der Waals surface area (Å²) in [6, 6.07) is 11.2. The Morgan fingerprint density at radius 1 is 1.10 bits per heavy atom. The van der Waals surface area contributed by atoms with Crippen molar-refractivity contribution in [1.29, 1.82) is 0 Å². The Hall–Kier alpha value is -1.74. The minimum Gasteiger partial charge on any atom is -0.478 e. The number of fused-ring (bicyclic) bond motifs is 1. The van der Waals surface area contributed by atoms with E-state index >= 15 is 0 Å². The van der Waals surface area contributed by atoms with Crippen LogP contribution in [0.4, 0.5) is 0 Å². The summed E-state index contributed by atoms with van der Waals surface area (Å²) in [5.41, 5.74) is -0.531. The van der Waals surface area contributed by atoms with E-state index in [2.05, 4.69) is 0 Å². The smallest absolute Gasteiger partial charge is 0.347 e. The predicted octanol–water partition coefficient (Wildman–Crippen LogP) is 4.60. The molecule has 1 atom stereocenters. The molecule has 0 aliphatic rings. The highest BCUT2D eigenvalue weighted by Crippen LogP contribution is 2.32. The van der Waals surface area contributed by atoms with E-state index in [0.29, 0.717) is 10.8 Å². The second kappa shape index (κ2) is 5.94. The molecule has 0 aliphatic heterocycles. The zero-order valence-electron chi connectivity index (χ0n) is 12.6. The fraction of sp³-hybridized carbons (Fsp3) is 0.353. The standard InChI is InChI=1S/C17H19ClO3/c1-11(16(19)21-17(2,3)4)20-15-10-9-14(18)12-7-5-6-8-13(12)15/h5-11H,1-4H3. The molecule has 0 heterocycles. The summed E-state index contributed by atoms with van der Waals surface area (Å²) in [5, 5.41) is 2.43. The Morgan fingerprint density at radius 3 is 2.33 bits per heavy atom. The average Bonchev–Trinajstić information content (AvgIpc) is 2.40.